The molecule has 0 aliphatic carbocycles. The van der Waals surface area contributed by atoms with Crippen LogP contribution in [0.1, 0.15) is 27.7 Å². The molecule has 13 heavy (non-hydrogen) atoms. The number of hydrogen-bond donors (Lipinski definition) is 2. The number of phenolic OH excluding ortho intramolecular Hbond substituents is 1. The van der Waals surface area contributed by atoms with E-state index in [0.717, 1.165) is 6.07 Å². The summed E-state index contributed by atoms with van der Waals surface area (Å²) in [4.78, 5) is 0. The van der Waals surface area contributed by atoms with Gasteiger partial charge in [0, 0.05) is 11.8 Å². The van der Waals surface area contributed by atoms with Gasteiger partial charge in [-0.15, -0.1) is 0 Å². The van der Waals surface area contributed by atoms with Crippen molar-refractivity contribution >= 4 is 5.69 Å². The number of nitrogens with two attached hydrogens (primary N) is 1. The Labute approximate surface area is 79.2 Å². The molecule has 76 valence electrons. The molecular formula is C10H18FNO. The number of halogens is 1. The van der Waals surface area contributed by atoms with Gasteiger partial charge >= 0.3 is 0 Å². The van der Waals surface area contributed by atoms with Crippen molar-refractivity contribution < 1.29 is 9.50 Å². The van der Waals surface area contributed by atoms with Crippen molar-refractivity contribution in [2.75, 3.05) is 5.73 Å². The lowest BCUT2D eigenvalue weighted by Gasteiger charge is -1.93. The Bertz CT molecular complexity index is 226. The van der Waals surface area contributed by atoms with Gasteiger partial charge in [0.05, 0.1) is 0 Å². The standard InChI is InChI=1S/C6H6FNO.2C2H6/c7-5-3-4(8)1-2-6(5)9;2*1-2/h1-3,9H,8H2;2*1-2H3. The highest BCUT2D eigenvalue weighted by Crippen LogP contribution is 2.16. The lowest BCUT2D eigenvalue weighted by molar-refractivity contribution is 0.432. The Hall–Kier alpha value is -1.25. The predicted molar refractivity (Wildman–Crippen MR) is 55.2 cm³/mol. The summed E-state index contributed by atoms with van der Waals surface area (Å²) < 4.78 is 12.2. The normalized spacial score (nSPS) is 7.46. The molecule has 3 heteroatoms. The molecule has 0 aliphatic rings. The number of phenols is 1. The van der Waals surface area contributed by atoms with E-state index >= 15 is 0 Å². The molecule has 0 radical (unpaired) electrons. The van der Waals surface area contributed by atoms with E-state index in [1.54, 1.807) is 0 Å². The third-order valence-electron chi connectivity index (χ3n) is 0.972. The minimum Gasteiger partial charge on any atom is -0.505 e. The van der Waals surface area contributed by atoms with E-state index in [1.807, 2.05) is 27.7 Å². The van der Waals surface area contributed by atoms with Gasteiger partial charge in [0.2, 0.25) is 0 Å². The van der Waals surface area contributed by atoms with Crippen molar-refractivity contribution in [3.63, 3.8) is 0 Å². The van der Waals surface area contributed by atoms with Crippen LogP contribution in [0.25, 0.3) is 0 Å². The Balaban J connectivity index is 0. The predicted octanol–water partition coefficient (Wildman–Crippen LogP) is 3.17. The number of aromatic hydroxyl groups is 1. The molecule has 3 N–H and O–H groups in total. The summed E-state index contributed by atoms with van der Waals surface area (Å²) in [5.41, 5.74) is 5.49. The van der Waals surface area contributed by atoms with E-state index in [1.165, 1.54) is 12.1 Å². The maximum absolute atomic E-state index is 12.2. The highest BCUT2D eigenvalue weighted by atomic mass is 19.1. The van der Waals surface area contributed by atoms with Crippen LogP contribution in [0.15, 0.2) is 18.2 Å². The second-order valence-corrected chi connectivity index (χ2v) is 1.71. The molecule has 1 aromatic carbocycles. The van der Waals surface area contributed by atoms with E-state index in [-0.39, 0.29) is 5.75 Å². The first-order chi connectivity index (χ1) is 6.20. The second-order valence-electron chi connectivity index (χ2n) is 1.71. The molecular weight excluding hydrogens is 169 g/mol. The van der Waals surface area contributed by atoms with Gasteiger partial charge in [0.15, 0.2) is 11.6 Å². The molecule has 0 atom stereocenters. The molecule has 2 nitrogen and oxygen atoms in total. The van der Waals surface area contributed by atoms with E-state index in [4.69, 9.17) is 10.8 Å². The summed E-state index contributed by atoms with van der Waals surface area (Å²) in [5.74, 6) is -1.06. The molecule has 0 fully saturated rings. The molecule has 0 saturated carbocycles. The number of anilines is 1. The zero-order chi connectivity index (χ0) is 10.9. The van der Waals surface area contributed by atoms with E-state index in [9.17, 15) is 4.39 Å². The van der Waals surface area contributed by atoms with Gasteiger partial charge in [-0.05, 0) is 12.1 Å². The van der Waals surface area contributed by atoms with Gasteiger partial charge in [-0.25, -0.2) is 4.39 Å². The fourth-order valence-corrected chi connectivity index (χ4v) is 0.523. The van der Waals surface area contributed by atoms with Crippen molar-refractivity contribution in [1.29, 1.82) is 0 Å². The van der Waals surface area contributed by atoms with Crippen LogP contribution in [0.4, 0.5) is 10.1 Å². The molecule has 0 unspecified atom stereocenters. The monoisotopic (exact) mass is 187 g/mol. The summed E-state index contributed by atoms with van der Waals surface area (Å²) in [7, 11) is 0. The quantitative estimate of drug-likeness (QED) is 0.484. The van der Waals surface area contributed by atoms with Crippen molar-refractivity contribution in [2.45, 2.75) is 27.7 Å². The zero-order valence-corrected chi connectivity index (χ0v) is 8.63. The lowest BCUT2D eigenvalue weighted by atomic mass is 10.3. The summed E-state index contributed by atoms with van der Waals surface area (Å²) in [6, 6.07) is 3.71. The zero-order valence-electron chi connectivity index (χ0n) is 8.63. The van der Waals surface area contributed by atoms with Crippen molar-refractivity contribution in [3.05, 3.63) is 24.0 Å². The van der Waals surface area contributed by atoms with Crippen LogP contribution in [0.2, 0.25) is 0 Å². The maximum Gasteiger partial charge on any atom is 0.166 e. The molecule has 1 aromatic rings. The fraction of sp³-hybridized carbons (Fsp3) is 0.400. The minimum absolute atomic E-state index is 0.310. The van der Waals surface area contributed by atoms with Gasteiger partial charge in [0.1, 0.15) is 0 Å². The molecule has 0 bridgehead atoms. The molecule has 0 saturated heterocycles. The van der Waals surface area contributed by atoms with Crippen molar-refractivity contribution in [2.24, 2.45) is 0 Å². The van der Waals surface area contributed by atoms with E-state index < -0.39 is 5.82 Å². The van der Waals surface area contributed by atoms with E-state index in [0.29, 0.717) is 5.69 Å². The Morgan fingerprint density at radius 2 is 1.62 bits per heavy atom. The average Bonchev–Trinajstić information content (AvgIpc) is 2.18. The summed E-state index contributed by atoms with van der Waals surface area (Å²) >= 11 is 0. The van der Waals surface area contributed by atoms with E-state index in [2.05, 4.69) is 0 Å². The third kappa shape index (κ3) is 5.96. The minimum atomic E-state index is -0.685. The molecule has 0 amide bonds. The third-order valence-corrected chi connectivity index (χ3v) is 0.972. The van der Waals surface area contributed by atoms with Gasteiger partial charge < -0.3 is 10.8 Å². The van der Waals surface area contributed by atoms with Crippen LogP contribution in [-0.2, 0) is 0 Å². The second kappa shape index (κ2) is 8.84. The average molecular weight is 187 g/mol. The Morgan fingerprint density at radius 3 is 1.92 bits per heavy atom. The van der Waals surface area contributed by atoms with Crippen LogP contribution in [0.5, 0.6) is 5.75 Å². The van der Waals surface area contributed by atoms with Gasteiger partial charge in [-0.3, -0.25) is 0 Å². The van der Waals surface area contributed by atoms with Crippen molar-refractivity contribution in [3.8, 4) is 5.75 Å². The van der Waals surface area contributed by atoms with Crippen LogP contribution in [-0.4, -0.2) is 5.11 Å². The first-order valence-corrected chi connectivity index (χ1v) is 4.44. The topological polar surface area (TPSA) is 46.2 Å². The summed E-state index contributed by atoms with van der Waals surface area (Å²) in [5, 5.41) is 8.61. The summed E-state index contributed by atoms with van der Waals surface area (Å²) in [6.07, 6.45) is 0. The maximum atomic E-state index is 12.2. The highest BCUT2D eigenvalue weighted by Gasteiger charge is 1.96. The molecule has 1 rings (SSSR count). The highest BCUT2D eigenvalue weighted by molar-refractivity contribution is 5.42. The first kappa shape index (κ1) is 14.3. The molecule has 0 aromatic heterocycles. The number of rotatable bonds is 0. The molecule has 0 heterocycles. The fourth-order valence-electron chi connectivity index (χ4n) is 0.523. The van der Waals surface area contributed by atoms with Gasteiger partial charge in [0.25, 0.3) is 0 Å². The number of benzene rings is 1. The SMILES string of the molecule is CC.CC.Nc1ccc(O)c(F)c1. The van der Waals surface area contributed by atoms with Crippen LogP contribution in [0.3, 0.4) is 0 Å². The van der Waals surface area contributed by atoms with Gasteiger partial charge in [-0.1, -0.05) is 27.7 Å². The Kier molecular flexibility index (Phi) is 9.72. The Morgan fingerprint density at radius 1 is 1.15 bits per heavy atom. The first-order valence-electron chi connectivity index (χ1n) is 4.44. The smallest absolute Gasteiger partial charge is 0.166 e. The number of nitrogen functional groups attached to an aromatic ring is 1. The molecule has 0 aliphatic heterocycles. The lowest BCUT2D eigenvalue weighted by Crippen LogP contribution is -1.84. The molecule has 0 spiro atoms. The van der Waals surface area contributed by atoms with Gasteiger partial charge in [-0.2, -0.15) is 0 Å². The van der Waals surface area contributed by atoms with Crippen LogP contribution < -0.4 is 5.73 Å². The van der Waals surface area contributed by atoms with Crippen LogP contribution in [0, 0.1) is 5.82 Å². The summed E-state index contributed by atoms with van der Waals surface area (Å²) in [6.45, 7) is 8.00. The largest absolute Gasteiger partial charge is 0.505 e. The van der Waals surface area contributed by atoms with Crippen LogP contribution >= 0.6 is 0 Å². The van der Waals surface area contributed by atoms with Crippen molar-refractivity contribution in [1.82, 2.24) is 0 Å². The number of hydrogen-bond acceptors (Lipinski definition) is 2.